The van der Waals surface area contributed by atoms with Gasteiger partial charge in [-0.15, -0.1) is 0 Å². The van der Waals surface area contributed by atoms with Gasteiger partial charge in [-0.1, -0.05) is 18.1 Å². The number of carbonyl (C=O) groups is 2. The van der Waals surface area contributed by atoms with Crippen LogP contribution in [-0.2, 0) is 16.1 Å². The standard InChI is InChI=1S/C23H29F2N7O4/c1-3-17(31-35)18(26)20(33)30-19(14-6-8-23(24,25)9-7-14)21(34)29-16-11-28-32(13-16)12-15-5-4-10-27-22(15)36-2/h4-5,10-11,13-14,19,26,35H,3,6-9,12H2,1-2H3,(H,29,34)(H,30,33)/b26-18?,31-17-/t19-/m0/s1. The van der Waals surface area contributed by atoms with Crippen molar-refractivity contribution in [2.75, 3.05) is 12.4 Å². The van der Waals surface area contributed by atoms with Crippen LogP contribution in [0.2, 0.25) is 0 Å². The number of nitrogens with one attached hydrogen (secondary N) is 3. The summed E-state index contributed by atoms with van der Waals surface area (Å²) in [5.41, 5.74) is 0.348. The summed E-state index contributed by atoms with van der Waals surface area (Å²) in [5, 5.41) is 29.3. The summed E-state index contributed by atoms with van der Waals surface area (Å²) >= 11 is 0. The normalized spacial score (nSPS) is 16.7. The second-order valence-electron chi connectivity index (χ2n) is 8.51. The minimum absolute atomic E-state index is 0.0213. The van der Waals surface area contributed by atoms with Crippen LogP contribution in [0.3, 0.4) is 0 Å². The molecule has 1 fully saturated rings. The van der Waals surface area contributed by atoms with Crippen LogP contribution >= 0.6 is 0 Å². The predicted molar refractivity (Wildman–Crippen MR) is 127 cm³/mol. The summed E-state index contributed by atoms with van der Waals surface area (Å²) in [6, 6.07) is 2.41. The molecule has 2 amide bonds. The minimum Gasteiger partial charge on any atom is -0.481 e. The molecule has 1 aliphatic carbocycles. The average molecular weight is 506 g/mol. The number of hydrogen-bond donors (Lipinski definition) is 4. The highest BCUT2D eigenvalue weighted by Gasteiger charge is 2.40. The molecule has 13 heteroatoms. The molecule has 1 atom stereocenters. The van der Waals surface area contributed by atoms with Crippen molar-refractivity contribution in [3.63, 3.8) is 0 Å². The molecular weight excluding hydrogens is 476 g/mol. The number of anilines is 1. The first-order chi connectivity index (χ1) is 17.2. The van der Waals surface area contributed by atoms with E-state index in [-0.39, 0.29) is 25.0 Å². The lowest BCUT2D eigenvalue weighted by Gasteiger charge is -2.33. The molecule has 3 rings (SSSR count). The largest absolute Gasteiger partial charge is 0.481 e. The van der Waals surface area contributed by atoms with Gasteiger partial charge in [-0.3, -0.25) is 19.7 Å². The molecule has 194 valence electrons. The van der Waals surface area contributed by atoms with Gasteiger partial charge in [-0.05, 0) is 31.2 Å². The molecular formula is C23H29F2N7O4. The molecule has 0 bridgehead atoms. The van der Waals surface area contributed by atoms with E-state index in [1.807, 2.05) is 6.07 Å². The maximum absolute atomic E-state index is 13.7. The summed E-state index contributed by atoms with van der Waals surface area (Å²) in [4.78, 5) is 29.9. The van der Waals surface area contributed by atoms with Gasteiger partial charge in [0.25, 0.3) is 5.91 Å². The Labute approximate surface area is 206 Å². The molecule has 4 N–H and O–H groups in total. The zero-order valence-electron chi connectivity index (χ0n) is 20.0. The molecule has 0 unspecified atom stereocenters. The highest BCUT2D eigenvalue weighted by molar-refractivity contribution is 6.65. The fourth-order valence-corrected chi connectivity index (χ4v) is 4.07. The van der Waals surface area contributed by atoms with Crippen molar-refractivity contribution in [1.82, 2.24) is 20.1 Å². The predicted octanol–water partition coefficient (Wildman–Crippen LogP) is 2.84. The van der Waals surface area contributed by atoms with Crippen LogP contribution < -0.4 is 15.4 Å². The van der Waals surface area contributed by atoms with Crippen LogP contribution in [0.1, 0.15) is 44.6 Å². The first-order valence-electron chi connectivity index (χ1n) is 11.5. The van der Waals surface area contributed by atoms with Gasteiger partial charge in [0.05, 0.1) is 25.5 Å². The Morgan fingerprint density at radius 3 is 2.75 bits per heavy atom. The van der Waals surface area contributed by atoms with E-state index in [1.54, 1.807) is 30.1 Å². The van der Waals surface area contributed by atoms with Crippen LogP contribution in [0, 0.1) is 11.3 Å². The number of pyridine rings is 1. The Morgan fingerprint density at radius 2 is 2.11 bits per heavy atom. The van der Waals surface area contributed by atoms with E-state index in [0.717, 1.165) is 5.56 Å². The quantitative estimate of drug-likeness (QED) is 0.221. The van der Waals surface area contributed by atoms with Gasteiger partial charge in [0.15, 0.2) is 0 Å². The van der Waals surface area contributed by atoms with Gasteiger partial charge in [0.1, 0.15) is 17.5 Å². The Morgan fingerprint density at radius 1 is 1.39 bits per heavy atom. The van der Waals surface area contributed by atoms with Crippen molar-refractivity contribution >= 4 is 28.9 Å². The third-order valence-electron chi connectivity index (χ3n) is 6.05. The van der Waals surface area contributed by atoms with E-state index in [4.69, 9.17) is 15.4 Å². The van der Waals surface area contributed by atoms with Crippen molar-refractivity contribution in [3.05, 3.63) is 36.3 Å². The van der Waals surface area contributed by atoms with Crippen LogP contribution in [-0.4, -0.2) is 62.3 Å². The molecule has 0 radical (unpaired) electrons. The number of alkyl halides is 2. The number of rotatable bonds is 10. The van der Waals surface area contributed by atoms with E-state index in [2.05, 4.69) is 25.9 Å². The SMILES string of the molecule is CC/C(=N/O)C(=N)C(=O)N[C@H](C(=O)Nc1cnn(Cc2cccnc2OC)c1)C1CCC(F)(F)CC1. The van der Waals surface area contributed by atoms with E-state index in [1.165, 1.54) is 13.3 Å². The van der Waals surface area contributed by atoms with Gasteiger partial charge >= 0.3 is 0 Å². The Hall–Kier alpha value is -3.90. The number of ether oxygens (including phenoxy) is 1. The van der Waals surface area contributed by atoms with Gasteiger partial charge in [0.2, 0.25) is 17.7 Å². The maximum Gasteiger partial charge on any atom is 0.271 e. The molecule has 1 aliphatic rings. The number of amides is 2. The molecule has 2 aromatic rings. The third kappa shape index (κ3) is 6.61. The van der Waals surface area contributed by atoms with Gasteiger partial charge < -0.3 is 20.6 Å². The number of aromatic nitrogens is 3. The lowest BCUT2D eigenvalue weighted by atomic mass is 9.81. The monoisotopic (exact) mass is 505 g/mol. The molecule has 11 nitrogen and oxygen atoms in total. The zero-order chi connectivity index (χ0) is 26.3. The van der Waals surface area contributed by atoms with Crippen molar-refractivity contribution in [2.45, 2.75) is 57.5 Å². The van der Waals surface area contributed by atoms with E-state index >= 15 is 0 Å². The molecule has 0 aromatic carbocycles. The number of oxime groups is 1. The number of carbonyl (C=O) groups excluding carboxylic acids is 2. The third-order valence-corrected chi connectivity index (χ3v) is 6.05. The Balaban J connectivity index is 1.74. The zero-order valence-corrected chi connectivity index (χ0v) is 20.0. The maximum atomic E-state index is 13.7. The summed E-state index contributed by atoms with van der Waals surface area (Å²) in [6.07, 6.45) is 3.95. The summed E-state index contributed by atoms with van der Waals surface area (Å²) in [5.74, 6) is -4.49. The topological polar surface area (TPSA) is 155 Å². The van der Waals surface area contributed by atoms with E-state index in [0.29, 0.717) is 18.1 Å². The van der Waals surface area contributed by atoms with Crippen molar-refractivity contribution in [1.29, 1.82) is 5.41 Å². The fourth-order valence-electron chi connectivity index (χ4n) is 4.07. The molecule has 1 saturated carbocycles. The van der Waals surface area contributed by atoms with Crippen LogP contribution in [0.4, 0.5) is 14.5 Å². The van der Waals surface area contributed by atoms with Crippen molar-refractivity contribution in [3.8, 4) is 5.88 Å². The average Bonchev–Trinajstić information content (AvgIpc) is 3.30. The summed E-state index contributed by atoms with van der Waals surface area (Å²) < 4.78 is 34.2. The number of hydrogen-bond acceptors (Lipinski definition) is 8. The van der Waals surface area contributed by atoms with E-state index < -0.39 is 48.2 Å². The smallest absolute Gasteiger partial charge is 0.271 e. The number of methoxy groups -OCH3 is 1. The summed E-state index contributed by atoms with van der Waals surface area (Å²) in [7, 11) is 1.51. The summed E-state index contributed by atoms with van der Waals surface area (Å²) in [6.45, 7) is 1.92. The minimum atomic E-state index is -2.82. The van der Waals surface area contributed by atoms with Gasteiger partial charge in [0, 0.05) is 30.8 Å². The van der Waals surface area contributed by atoms with Crippen molar-refractivity contribution < 1.29 is 28.3 Å². The van der Waals surface area contributed by atoms with Crippen LogP contribution in [0.5, 0.6) is 5.88 Å². The second-order valence-corrected chi connectivity index (χ2v) is 8.51. The lowest BCUT2D eigenvalue weighted by Crippen LogP contribution is -2.52. The molecule has 36 heavy (non-hydrogen) atoms. The molecule has 0 saturated heterocycles. The molecule has 2 aromatic heterocycles. The number of halogens is 2. The van der Waals surface area contributed by atoms with E-state index in [9.17, 15) is 18.4 Å². The Kier molecular flexibility index (Phi) is 8.67. The van der Waals surface area contributed by atoms with Crippen LogP contribution in [0.15, 0.2) is 35.9 Å². The first-order valence-corrected chi connectivity index (χ1v) is 11.5. The highest BCUT2D eigenvalue weighted by atomic mass is 19.3. The van der Waals surface area contributed by atoms with Gasteiger partial charge in [-0.25, -0.2) is 13.8 Å². The second kappa shape index (κ2) is 11.7. The van der Waals surface area contributed by atoms with Crippen molar-refractivity contribution in [2.24, 2.45) is 11.1 Å². The highest BCUT2D eigenvalue weighted by Crippen LogP contribution is 2.37. The van der Waals surface area contributed by atoms with Crippen LogP contribution in [0.25, 0.3) is 0 Å². The lowest BCUT2D eigenvalue weighted by molar-refractivity contribution is -0.126. The van der Waals surface area contributed by atoms with Gasteiger partial charge in [-0.2, -0.15) is 5.10 Å². The number of nitrogens with zero attached hydrogens (tertiary/aromatic N) is 4. The molecule has 2 heterocycles. The Bertz CT molecular complexity index is 1130. The molecule has 0 spiro atoms. The fraction of sp³-hybridized carbons (Fsp3) is 0.478. The first kappa shape index (κ1) is 26.7. The molecule has 0 aliphatic heterocycles.